The quantitative estimate of drug-likeness (QED) is 0.674. The van der Waals surface area contributed by atoms with Crippen molar-refractivity contribution < 1.29 is 5.11 Å². The second kappa shape index (κ2) is 5.12. The van der Waals surface area contributed by atoms with Gasteiger partial charge in [0.15, 0.2) is 0 Å². The molecule has 0 aromatic heterocycles. The maximum absolute atomic E-state index is 9.72. The Morgan fingerprint density at radius 3 is 1.31 bits per heavy atom. The molecule has 1 N–H and O–H groups in total. The van der Waals surface area contributed by atoms with E-state index in [1.165, 1.54) is 11.1 Å². The Hall–Kier alpha value is 0.0200. The smallest absolute Gasteiger partial charge is 0.116 e. The van der Waals surface area contributed by atoms with Crippen molar-refractivity contribution in [2.24, 2.45) is 0 Å². The molecular formula is C14H22NaO. The van der Waals surface area contributed by atoms with Crippen molar-refractivity contribution >= 4 is 29.6 Å². The predicted octanol–water partition coefficient (Wildman–Crippen LogP) is 3.61. The molecule has 0 bridgehead atoms. The van der Waals surface area contributed by atoms with Crippen LogP contribution in [0.2, 0.25) is 0 Å². The van der Waals surface area contributed by atoms with E-state index in [-0.39, 0.29) is 40.4 Å². The number of phenols is 1. The summed E-state index contributed by atoms with van der Waals surface area (Å²) in [5.41, 5.74) is 2.54. The first-order valence-corrected chi connectivity index (χ1v) is 5.46. The molecule has 0 fully saturated rings. The maximum atomic E-state index is 9.72. The monoisotopic (exact) mass is 229 g/mol. The van der Waals surface area contributed by atoms with Crippen molar-refractivity contribution in [1.29, 1.82) is 0 Å². The third-order valence-electron chi connectivity index (χ3n) is 2.65. The van der Waals surface area contributed by atoms with Gasteiger partial charge in [0.05, 0.1) is 0 Å². The first-order chi connectivity index (χ1) is 6.60. The normalized spacial score (nSPS) is 12.1. The molecule has 0 spiro atoms. The number of benzene rings is 1. The van der Waals surface area contributed by atoms with Crippen molar-refractivity contribution in [3.8, 4) is 5.75 Å². The van der Waals surface area contributed by atoms with E-state index in [2.05, 4.69) is 47.6 Å². The van der Waals surface area contributed by atoms with Gasteiger partial charge >= 0.3 is 0 Å². The Morgan fingerprint density at radius 2 is 1.06 bits per heavy atom. The van der Waals surface area contributed by atoms with Gasteiger partial charge in [0.1, 0.15) is 5.75 Å². The van der Waals surface area contributed by atoms with Gasteiger partial charge in [-0.25, -0.2) is 0 Å². The molecular weight excluding hydrogens is 207 g/mol. The number of phenolic OH excluding ortho intramolecular Hbond substituents is 1. The average Bonchev–Trinajstić information content (AvgIpc) is 1.99. The number of rotatable bonds is 0. The Labute approximate surface area is 122 Å². The van der Waals surface area contributed by atoms with Crippen LogP contribution in [0, 0.1) is 0 Å². The SMILES string of the molecule is CC(C)(C)c1cc(O)cc(C(C)(C)C)c1.[Na]. The van der Waals surface area contributed by atoms with Crippen LogP contribution in [0.3, 0.4) is 0 Å². The van der Waals surface area contributed by atoms with E-state index < -0.39 is 0 Å². The summed E-state index contributed by atoms with van der Waals surface area (Å²) < 4.78 is 0. The van der Waals surface area contributed by atoms with E-state index in [0.29, 0.717) is 5.75 Å². The van der Waals surface area contributed by atoms with E-state index >= 15 is 0 Å². The molecule has 0 aliphatic rings. The zero-order valence-corrected chi connectivity index (χ0v) is 13.7. The topological polar surface area (TPSA) is 20.2 Å². The largest absolute Gasteiger partial charge is 0.508 e. The predicted molar refractivity (Wildman–Crippen MR) is 71.3 cm³/mol. The molecule has 0 unspecified atom stereocenters. The van der Waals surface area contributed by atoms with Crippen molar-refractivity contribution in [1.82, 2.24) is 0 Å². The molecule has 0 amide bonds. The summed E-state index contributed by atoms with van der Waals surface area (Å²) in [6.07, 6.45) is 0. The van der Waals surface area contributed by atoms with Gasteiger partial charge in [0.2, 0.25) is 0 Å². The Balaban J connectivity index is 0.00000225. The second-order valence-electron chi connectivity index (χ2n) is 6.27. The maximum Gasteiger partial charge on any atom is 0.116 e. The van der Waals surface area contributed by atoms with Gasteiger partial charge in [-0.3, -0.25) is 0 Å². The van der Waals surface area contributed by atoms with Crippen LogP contribution < -0.4 is 0 Å². The standard InChI is InChI=1S/C14H22O.Na/c1-13(2,3)10-7-11(14(4,5)6)9-12(15)8-10;/h7-9,15H,1-6H3;. The summed E-state index contributed by atoms with van der Waals surface area (Å²) in [6.45, 7) is 13.0. The summed E-state index contributed by atoms with van der Waals surface area (Å²) in [5.74, 6) is 0.368. The first kappa shape index (κ1) is 16.0. The third kappa shape index (κ3) is 4.12. The minimum atomic E-state index is 0. The molecule has 1 radical (unpaired) electrons. The van der Waals surface area contributed by atoms with Gasteiger partial charge in [-0.1, -0.05) is 47.6 Å². The second-order valence-corrected chi connectivity index (χ2v) is 6.27. The molecule has 0 aliphatic heterocycles. The van der Waals surface area contributed by atoms with Crippen molar-refractivity contribution in [2.45, 2.75) is 52.4 Å². The van der Waals surface area contributed by atoms with E-state index in [0.717, 1.165) is 0 Å². The van der Waals surface area contributed by atoms with E-state index in [9.17, 15) is 5.11 Å². The molecule has 1 aromatic rings. The fourth-order valence-corrected chi connectivity index (χ4v) is 1.48. The van der Waals surface area contributed by atoms with Gasteiger partial charge in [-0.05, 0) is 34.1 Å². The Bertz CT molecular complexity index is 324. The average molecular weight is 229 g/mol. The molecule has 1 aromatic carbocycles. The third-order valence-corrected chi connectivity index (χ3v) is 2.65. The zero-order chi connectivity index (χ0) is 11.9. The molecule has 1 rings (SSSR count). The summed E-state index contributed by atoms with van der Waals surface area (Å²) in [7, 11) is 0. The number of aromatic hydroxyl groups is 1. The fraction of sp³-hybridized carbons (Fsp3) is 0.571. The Kier molecular flexibility index (Phi) is 5.12. The zero-order valence-electron chi connectivity index (χ0n) is 11.7. The van der Waals surface area contributed by atoms with Gasteiger partial charge in [0, 0.05) is 29.6 Å². The van der Waals surface area contributed by atoms with Crippen LogP contribution in [0.25, 0.3) is 0 Å². The van der Waals surface area contributed by atoms with Gasteiger partial charge < -0.3 is 5.11 Å². The van der Waals surface area contributed by atoms with E-state index in [1.54, 1.807) is 0 Å². The molecule has 0 saturated heterocycles. The van der Waals surface area contributed by atoms with Crippen LogP contribution in [-0.2, 0) is 10.8 Å². The molecule has 0 heterocycles. The van der Waals surface area contributed by atoms with E-state index in [4.69, 9.17) is 0 Å². The molecule has 0 saturated carbocycles. The van der Waals surface area contributed by atoms with Gasteiger partial charge in [-0.2, -0.15) is 0 Å². The summed E-state index contributed by atoms with van der Waals surface area (Å²) >= 11 is 0. The van der Waals surface area contributed by atoms with Crippen LogP contribution in [0.4, 0.5) is 0 Å². The van der Waals surface area contributed by atoms with Crippen LogP contribution in [0.1, 0.15) is 52.7 Å². The van der Waals surface area contributed by atoms with Crippen LogP contribution in [0.15, 0.2) is 18.2 Å². The van der Waals surface area contributed by atoms with Crippen molar-refractivity contribution in [3.63, 3.8) is 0 Å². The van der Waals surface area contributed by atoms with Crippen molar-refractivity contribution in [3.05, 3.63) is 29.3 Å². The van der Waals surface area contributed by atoms with Crippen LogP contribution >= 0.6 is 0 Å². The van der Waals surface area contributed by atoms with Crippen LogP contribution in [0.5, 0.6) is 5.75 Å². The molecule has 85 valence electrons. The minimum absolute atomic E-state index is 0. The molecule has 2 heteroatoms. The van der Waals surface area contributed by atoms with Crippen molar-refractivity contribution in [2.75, 3.05) is 0 Å². The van der Waals surface area contributed by atoms with E-state index in [1.807, 2.05) is 12.1 Å². The number of hydrogen-bond donors (Lipinski definition) is 1. The fourth-order valence-electron chi connectivity index (χ4n) is 1.48. The molecule has 0 atom stereocenters. The van der Waals surface area contributed by atoms with Crippen LogP contribution in [-0.4, -0.2) is 34.7 Å². The molecule has 16 heavy (non-hydrogen) atoms. The molecule has 0 aliphatic carbocycles. The summed E-state index contributed by atoms with van der Waals surface area (Å²) in [5, 5.41) is 9.72. The first-order valence-electron chi connectivity index (χ1n) is 5.46. The van der Waals surface area contributed by atoms with Gasteiger partial charge in [-0.15, -0.1) is 0 Å². The number of hydrogen-bond acceptors (Lipinski definition) is 1. The minimum Gasteiger partial charge on any atom is -0.508 e. The molecule has 1 nitrogen and oxygen atoms in total. The Morgan fingerprint density at radius 1 is 0.750 bits per heavy atom. The summed E-state index contributed by atoms with van der Waals surface area (Å²) in [6, 6.07) is 5.91. The van der Waals surface area contributed by atoms with Gasteiger partial charge in [0.25, 0.3) is 0 Å². The summed E-state index contributed by atoms with van der Waals surface area (Å²) in [4.78, 5) is 0.